The molecular formula is C29H24N2O5. The number of hydrogen-bond donors (Lipinski definition) is 1. The van der Waals surface area contributed by atoms with Crippen molar-refractivity contribution in [2.45, 2.75) is 26.1 Å². The smallest absolute Gasteiger partial charge is 0.296 e. The van der Waals surface area contributed by atoms with Gasteiger partial charge in [0.1, 0.15) is 29.9 Å². The van der Waals surface area contributed by atoms with Crippen LogP contribution in [0.15, 0.2) is 101 Å². The first kappa shape index (κ1) is 23.1. The predicted molar refractivity (Wildman–Crippen MR) is 133 cm³/mol. The second-order valence-electron chi connectivity index (χ2n) is 8.61. The highest BCUT2D eigenvalue weighted by molar-refractivity contribution is 6.46. The van der Waals surface area contributed by atoms with Crippen molar-refractivity contribution in [3.8, 4) is 5.75 Å². The molecule has 0 bridgehead atoms. The van der Waals surface area contributed by atoms with Gasteiger partial charge in [-0.05, 0) is 60.5 Å². The fourth-order valence-electron chi connectivity index (χ4n) is 4.31. The van der Waals surface area contributed by atoms with Gasteiger partial charge < -0.3 is 19.2 Å². The number of likely N-dealkylation sites (tertiary alicyclic amines) is 1. The van der Waals surface area contributed by atoms with Crippen LogP contribution < -0.4 is 4.74 Å². The minimum atomic E-state index is -0.863. The molecule has 0 saturated carbocycles. The minimum Gasteiger partial charge on any atom is -0.507 e. The van der Waals surface area contributed by atoms with Gasteiger partial charge in [-0.25, -0.2) is 0 Å². The van der Waals surface area contributed by atoms with E-state index in [9.17, 15) is 14.7 Å². The van der Waals surface area contributed by atoms with E-state index in [1.165, 1.54) is 11.2 Å². The van der Waals surface area contributed by atoms with Crippen molar-refractivity contribution in [3.63, 3.8) is 0 Å². The Kier molecular flexibility index (Phi) is 6.36. The number of aromatic nitrogens is 1. The summed E-state index contributed by atoms with van der Waals surface area (Å²) in [6.45, 7) is 2.58. The summed E-state index contributed by atoms with van der Waals surface area (Å²) in [5.74, 6) is -0.739. The zero-order chi connectivity index (χ0) is 25.1. The molecule has 2 aromatic carbocycles. The van der Waals surface area contributed by atoms with Crippen LogP contribution in [0, 0.1) is 6.92 Å². The monoisotopic (exact) mass is 480 g/mol. The van der Waals surface area contributed by atoms with Crippen molar-refractivity contribution in [1.82, 2.24) is 9.88 Å². The number of hydrogen-bond acceptors (Lipinski definition) is 6. The molecular weight excluding hydrogens is 456 g/mol. The lowest BCUT2D eigenvalue weighted by molar-refractivity contribution is -0.140. The summed E-state index contributed by atoms with van der Waals surface area (Å²) in [7, 11) is 0. The maximum atomic E-state index is 13.1. The highest BCUT2D eigenvalue weighted by atomic mass is 16.5. The van der Waals surface area contributed by atoms with Crippen LogP contribution in [0.1, 0.15) is 34.1 Å². The predicted octanol–water partition coefficient (Wildman–Crippen LogP) is 5.18. The third-order valence-corrected chi connectivity index (χ3v) is 6.04. The standard InChI is InChI=1S/C29H24N2O5/c1-19-5-2-6-20(15-19)18-36-23-11-9-22(10-12-23)27(32)25-26(24-8-4-14-35-24)31(29(34)28(25)33)17-21-7-3-13-30-16-21/h2-16,26,32H,17-18H2,1H3/t26-/m1/s1. The minimum absolute atomic E-state index is 0.0210. The molecule has 4 aromatic rings. The van der Waals surface area contributed by atoms with Crippen LogP contribution in [0.4, 0.5) is 0 Å². The SMILES string of the molecule is Cc1cccc(COc2ccc(C(O)=C3C(=O)C(=O)N(Cc4cccnc4)[C@@H]3c3ccco3)cc2)c1. The lowest BCUT2D eigenvalue weighted by Crippen LogP contribution is -2.29. The summed E-state index contributed by atoms with van der Waals surface area (Å²) in [5, 5.41) is 11.2. The van der Waals surface area contributed by atoms with E-state index < -0.39 is 17.7 Å². The molecule has 1 amide bonds. The second kappa shape index (κ2) is 9.92. The topological polar surface area (TPSA) is 92.9 Å². The maximum Gasteiger partial charge on any atom is 0.296 e. The lowest BCUT2D eigenvalue weighted by atomic mass is 9.99. The molecule has 0 radical (unpaired) electrons. The van der Waals surface area contributed by atoms with Crippen molar-refractivity contribution in [1.29, 1.82) is 0 Å². The molecule has 1 aliphatic rings. The van der Waals surface area contributed by atoms with E-state index in [1.807, 2.05) is 31.2 Å². The number of rotatable bonds is 7. The molecule has 1 fully saturated rings. The van der Waals surface area contributed by atoms with E-state index in [1.54, 1.807) is 54.9 Å². The Balaban J connectivity index is 1.43. The van der Waals surface area contributed by atoms with Gasteiger partial charge in [0.25, 0.3) is 11.7 Å². The fraction of sp³-hybridized carbons (Fsp3) is 0.138. The molecule has 180 valence electrons. The number of carbonyl (C=O) groups is 2. The summed E-state index contributed by atoms with van der Waals surface area (Å²) < 4.78 is 11.4. The molecule has 5 rings (SSSR count). The van der Waals surface area contributed by atoms with Gasteiger partial charge in [-0.15, -0.1) is 0 Å². The zero-order valence-electron chi connectivity index (χ0n) is 19.6. The van der Waals surface area contributed by atoms with E-state index in [-0.39, 0.29) is 17.9 Å². The van der Waals surface area contributed by atoms with Crippen molar-refractivity contribution < 1.29 is 23.8 Å². The Labute approximate surface area is 208 Å². The van der Waals surface area contributed by atoms with Crippen molar-refractivity contribution in [3.05, 3.63) is 125 Å². The molecule has 1 N–H and O–H groups in total. The molecule has 0 spiro atoms. The highest BCUT2D eigenvalue weighted by Crippen LogP contribution is 2.40. The first-order valence-corrected chi connectivity index (χ1v) is 11.5. The molecule has 0 aliphatic carbocycles. The van der Waals surface area contributed by atoms with Crippen LogP contribution in [0.25, 0.3) is 5.76 Å². The summed E-state index contributed by atoms with van der Waals surface area (Å²) >= 11 is 0. The number of benzene rings is 2. The van der Waals surface area contributed by atoms with Gasteiger partial charge in [0.05, 0.1) is 11.8 Å². The van der Waals surface area contributed by atoms with Crippen LogP contribution in [0.2, 0.25) is 0 Å². The summed E-state index contributed by atoms with van der Waals surface area (Å²) in [4.78, 5) is 31.6. The third-order valence-electron chi connectivity index (χ3n) is 6.04. The number of aliphatic hydroxyl groups is 1. The van der Waals surface area contributed by atoms with Gasteiger partial charge in [-0.3, -0.25) is 14.6 Å². The summed E-state index contributed by atoms with van der Waals surface area (Å²) in [6, 6.07) is 20.9. The van der Waals surface area contributed by atoms with E-state index in [0.29, 0.717) is 23.7 Å². The van der Waals surface area contributed by atoms with E-state index in [4.69, 9.17) is 9.15 Å². The average molecular weight is 481 g/mol. The van der Waals surface area contributed by atoms with E-state index >= 15 is 0 Å². The number of carbonyl (C=O) groups excluding carboxylic acids is 2. The molecule has 0 unspecified atom stereocenters. The first-order valence-electron chi connectivity index (χ1n) is 11.5. The largest absolute Gasteiger partial charge is 0.507 e. The van der Waals surface area contributed by atoms with Crippen LogP contribution in [-0.2, 0) is 22.7 Å². The number of amides is 1. The Morgan fingerprint density at radius 1 is 1.03 bits per heavy atom. The third kappa shape index (κ3) is 4.63. The number of Topliss-reactive ketones (excluding diaryl/α,β-unsaturated/α-hetero) is 1. The normalized spacial score (nSPS) is 16.9. The molecule has 36 heavy (non-hydrogen) atoms. The van der Waals surface area contributed by atoms with Gasteiger partial charge in [-0.2, -0.15) is 0 Å². The van der Waals surface area contributed by atoms with Crippen LogP contribution in [-0.4, -0.2) is 26.7 Å². The van der Waals surface area contributed by atoms with Crippen molar-refractivity contribution in [2.75, 3.05) is 0 Å². The van der Waals surface area contributed by atoms with Gasteiger partial charge in [-0.1, -0.05) is 35.9 Å². The van der Waals surface area contributed by atoms with E-state index in [0.717, 1.165) is 16.7 Å². The molecule has 1 aliphatic heterocycles. The number of aliphatic hydroxyl groups excluding tert-OH is 1. The number of furan rings is 1. The molecule has 7 heteroatoms. The second-order valence-corrected chi connectivity index (χ2v) is 8.61. The molecule has 7 nitrogen and oxygen atoms in total. The fourth-order valence-corrected chi connectivity index (χ4v) is 4.31. The first-order chi connectivity index (χ1) is 17.5. The van der Waals surface area contributed by atoms with Crippen LogP contribution in [0.5, 0.6) is 5.75 Å². The van der Waals surface area contributed by atoms with Crippen molar-refractivity contribution in [2.24, 2.45) is 0 Å². The Bertz CT molecular complexity index is 1410. The van der Waals surface area contributed by atoms with Gasteiger partial charge in [0, 0.05) is 24.5 Å². The molecule has 3 heterocycles. The Hall–Kier alpha value is -4.65. The van der Waals surface area contributed by atoms with Gasteiger partial charge in [0.15, 0.2) is 0 Å². The lowest BCUT2D eigenvalue weighted by Gasteiger charge is -2.23. The van der Waals surface area contributed by atoms with Crippen molar-refractivity contribution >= 4 is 17.4 Å². The number of ketones is 1. The quantitative estimate of drug-likeness (QED) is 0.222. The van der Waals surface area contributed by atoms with Crippen LogP contribution >= 0.6 is 0 Å². The summed E-state index contributed by atoms with van der Waals surface area (Å²) in [6.07, 6.45) is 4.74. The Morgan fingerprint density at radius 2 is 1.83 bits per heavy atom. The highest BCUT2D eigenvalue weighted by Gasteiger charge is 2.47. The number of pyridine rings is 1. The average Bonchev–Trinajstić information content (AvgIpc) is 3.51. The summed E-state index contributed by atoms with van der Waals surface area (Å²) in [5.41, 5.74) is 3.34. The van der Waals surface area contributed by atoms with Gasteiger partial charge in [0.2, 0.25) is 0 Å². The van der Waals surface area contributed by atoms with Gasteiger partial charge >= 0.3 is 0 Å². The Morgan fingerprint density at radius 3 is 2.53 bits per heavy atom. The number of nitrogens with zero attached hydrogens (tertiary/aromatic N) is 2. The molecule has 1 atom stereocenters. The van der Waals surface area contributed by atoms with E-state index in [2.05, 4.69) is 11.1 Å². The van der Waals surface area contributed by atoms with Crippen LogP contribution in [0.3, 0.4) is 0 Å². The zero-order valence-corrected chi connectivity index (χ0v) is 19.6. The molecule has 1 saturated heterocycles. The number of ether oxygens (including phenoxy) is 1. The maximum absolute atomic E-state index is 13.1. The number of aryl methyl sites for hydroxylation is 1. The molecule has 2 aromatic heterocycles.